The number of hydrogen-bond donors (Lipinski definition) is 1. The average Bonchev–Trinajstić information content (AvgIpc) is 3.18. The van der Waals surface area contributed by atoms with Gasteiger partial charge in [0.05, 0.1) is 17.7 Å². The summed E-state index contributed by atoms with van der Waals surface area (Å²) in [5.41, 5.74) is 2.41. The van der Waals surface area contributed by atoms with Gasteiger partial charge in [-0.15, -0.1) is 0 Å². The van der Waals surface area contributed by atoms with Gasteiger partial charge in [0, 0.05) is 12.2 Å². The van der Waals surface area contributed by atoms with Crippen molar-refractivity contribution in [3.05, 3.63) is 52.2 Å². The Morgan fingerprint density at radius 1 is 1.43 bits per heavy atom. The largest absolute Gasteiger partial charge is 0.322 e. The standard InChI is InChI=1S/C16H15N3OS/c17-10-12-3-1-4-14(9-12)18-16(20)19-7-2-5-15(19)13-6-8-21-11-13/h1,3-4,6,8-9,11,15H,2,5,7H2,(H,18,20). The number of nitrogens with one attached hydrogen (secondary N) is 1. The molecule has 5 heteroatoms. The molecule has 1 aromatic heterocycles. The minimum absolute atomic E-state index is 0.0983. The zero-order valence-corrected chi connectivity index (χ0v) is 12.3. The van der Waals surface area contributed by atoms with Crippen LogP contribution in [-0.2, 0) is 0 Å². The Hall–Kier alpha value is -2.32. The van der Waals surface area contributed by atoms with Crippen LogP contribution in [-0.4, -0.2) is 17.5 Å². The van der Waals surface area contributed by atoms with Gasteiger partial charge in [0.15, 0.2) is 0 Å². The SMILES string of the molecule is N#Cc1cccc(NC(=O)N2CCCC2c2ccsc2)c1. The first-order valence-corrected chi connectivity index (χ1v) is 7.82. The molecule has 1 unspecified atom stereocenters. The predicted molar refractivity (Wildman–Crippen MR) is 83.2 cm³/mol. The van der Waals surface area contributed by atoms with Gasteiger partial charge in [-0.05, 0) is 53.4 Å². The molecule has 1 aliphatic heterocycles. The van der Waals surface area contributed by atoms with Crippen molar-refractivity contribution in [2.75, 3.05) is 11.9 Å². The lowest BCUT2D eigenvalue weighted by Gasteiger charge is -2.24. The van der Waals surface area contributed by atoms with Crippen LogP contribution in [0, 0.1) is 11.3 Å². The first-order chi connectivity index (χ1) is 10.3. The number of urea groups is 1. The van der Waals surface area contributed by atoms with Crippen molar-refractivity contribution in [3.63, 3.8) is 0 Å². The van der Waals surface area contributed by atoms with Crippen molar-refractivity contribution in [1.82, 2.24) is 4.90 Å². The van der Waals surface area contributed by atoms with E-state index in [1.54, 1.807) is 35.6 Å². The maximum absolute atomic E-state index is 12.5. The average molecular weight is 297 g/mol. The van der Waals surface area contributed by atoms with Gasteiger partial charge >= 0.3 is 6.03 Å². The summed E-state index contributed by atoms with van der Waals surface area (Å²) in [6.45, 7) is 0.768. The number of thiophene rings is 1. The van der Waals surface area contributed by atoms with Crippen molar-refractivity contribution < 1.29 is 4.79 Å². The molecule has 2 aromatic rings. The Kier molecular flexibility index (Phi) is 3.89. The highest BCUT2D eigenvalue weighted by Gasteiger charge is 2.30. The van der Waals surface area contributed by atoms with Crippen LogP contribution < -0.4 is 5.32 Å². The number of likely N-dealkylation sites (tertiary alicyclic amines) is 1. The number of amides is 2. The molecule has 1 saturated heterocycles. The van der Waals surface area contributed by atoms with E-state index in [0.29, 0.717) is 11.3 Å². The molecule has 2 amide bonds. The van der Waals surface area contributed by atoms with Gasteiger partial charge in [-0.2, -0.15) is 16.6 Å². The van der Waals surface area contributed by atoms with Gasteiger partial charge in [-0.1, -0.05) is 6.07 Å². The van der Waals surface area contributed by atoms with Crippen molar-refractivity contribution in [2.45, 2.75) is 18.9 Å². The molecule has 0 bridgehead atoms. The zero-order chi connectivity index (χ0) is 14.7. The van der Waals surface area contributed by atoms with Gasteiger partial charge in [-0.25, -0.2) is 4.79 Å². The minimum Gasteiger partial charge on any atom is -0.317 e. The van der Waals surface area contributed by atoms with E-state index in [1.807, 2.05) is 10.3 Å². The summed E-state index contributed by atoms with van der Waals surface area (Å²) in [5.74, 6) is 0. The van der Waals surface area contributed by atoms with Crippen molar-refractivity contribution in [1.29, 1.82) is 5.26 Å². The third-order valence-corrected chi connectivity index (χ3v) is 4.39. The number of hydrogen-bond acceptors (Lipinski definition) is 3. The van der Waals surface area contributed by atoms with Gasteiger partial charge in [0.25, 0.3) is 0 Å². The van der Waals surface area contributed by atoms with E-state index < -0.39 is 0 Å². The summed E-state index contributed by atoms with van der Waals surface area (Å²) < 4.78 is 0. The zero-order valence-electron chi connectivity index (χ0n) is 11.5. The van der Waals surface area contributed by atoms with Crippen molar-refractivity contribution >= 4 is 23.1 Å². The quantitative estimate of drug-likeness (QED) is 0.911. The minimum atomic E-state index is -0.0983. The molecule has 106 valence electrons. The van der Waals surface area contributed by atoms with Crippen LogP contribution in [0.3, 0.4) is 0 Å². The van der Waals surface area contributed by atoms with Crippen LogP contribution in [0.25, 0.3) is 0 Å². The molecular formula is C16H15N3OS. The van der Waals surface area contributed by atoms with E-state index in [1.165, 1.54) is 5.56 Å². The van der Waals surface area contributed by atoms with E-state index in [-0.39, 0.29) is 12.1 Å². The fourth-order valence-corrected chi connectivity index (χ4v) is 3.39. The van der Waals surface area contributed by atoms with Crippen molar-refractivity contribution in [2.24, 2.45) is 0 Å². The highest BCUT2D eigenvalue weighted by Crippen LogP contribution is 2.33. The topological polar surface area (TPSA) is 56.1 Å². The number of anilines is 1. The fourth-order valence-electron chi connectivity index (χ4n) is 2.68. The Bertz CT molecular complexity index is 675. The lowest BCUT2D eigenvalue weighted by molar-refractivity contribution is 0.207. The van der Waals surface area contributed by atoms with E-state index in [4.69, 9.17) is 5.26 Å². The second-order valence-corrected chi connectivity index (χ2v) is 5.81. The highest BCUT2D eigenvalue weighted by molar-refractivity contribution is 7.07. The molecule has 3 rings (SSSR count). The number of carbonyl (C=O) groups excluding carboxylic acids is 1. The molecule has 0 radical (unpaired) electrons. The number of nitriles is 1. The Balaban J connectivity index is 1.74. The first kappa shape index (κ1) is 13.7. The molecule has 0 spiro atoms. The van der Waals surface area contributed by atoms with Gasteiger partial charge in [-0.3, -0.25) is 0 Å². The summed E-state index contributed by atoms with van der Waals surface area (Å²) in [5, 5.41) is 15.9. The molecule has 1 fully saturated rings. The smallest absolute Gasteiger partial charge is 0.317 e. The fraction of sp³-hybridized carbons (Fsp3) is 0.250. The number of rotatable bonds is 2. The number of benzene rings is 1. The van der Waals surface area contributed by atoms with E-state index in [0.717, 1.165) is 19.4 Å². The van der Waals surface area contributed by atoms with E-state index >= 15 is 0 Å². The molecule has 1 N–H and O–H groups in total. The molecular weight excluding hydrogens is 282 g/mol. The molecule has 4 nitrogen and oxygen atoms in total. The summed E-state index contributed by atoms with van der Waals surface area (Å²) in [7, 11) is 0. The van der Waals surface area contributed by atoms with E-state index in [2.05, 4.69) is 22.8 Å². The van der Waals surface area contributed by atoms with E-state index in [9.17, 15) is 4.79 Å². The Labute approximate surface area is 127 Å². The van der Waals surface area contributed by atoms with Crippen LogP contribution in [0.4, 0.5) is 10.5 Å². The first-order valence-electron chi connectivity index (χ1n) is 6.88. The number of nitrogens with zero attached hydrogens (tertiary/aromatic N) is 2. The lowest BCUT2D eigenvalue weighted by Crippen LogP contribution is -2.34. The number of carbonyl (C=O) groups is 1. The van der Waals surface area contributed by atoms with Gasteiger partial charge in [0.2, 0.25) is 0 Å². The molecule has 2 heterocycles. The van der Waals surface area contributed by atoms with Gasteiger partial charge in [0.1, 0.15) is 0 Å². The van der Waals surface area contributed by atoms with Crippen LogP contribution >= 0.6 is 11.3 Å². The second-order valence-electron chi connectivity index (χ2n) is 5.03. The van der Waals surface area contributed by atoms with Crippen LogP contribution in [0.1, 0.15) is 30.0 Å². The van der Waals surface area contributed by atoms with Crippen LogP contribution in [0.15, 0.2) is 41.1 Å². The van der Waals surface area contributed by atoms with Crippen molar-refractivity contribution in [3.8, 4) is 6.07 Å². The normalized spacial score (nSPS) is 17.5. The summed E-state index contributed by atoms with van der Waals surface area (Å²) in [4.78, 5) is 14.3. The monoisotopic (exact) mass is 297 g/mol. The van der Waals surface area contributed by atoms with Gasteiger partial charge < -0.3 is 10.2 Å². The summed E-state index contributed by atoms with van der Waals surface area (Å²) >= 11 is 1.65. The third-order valence-electron chi connectivity index (χ3n) is 3.68. The molecule has 1 aromatic carbocycles. The Morgan fingerprint density at radius 3 is 3.10 bits per heavy atom. The predicted octanol–water partition coefficient (Wildman–Crippen LogP) is 3.99. The molecule has 0 aliphatic carbocycles. The third kappa shape index (κ3) is 2.91. The Morgan fingerprint density at radius 2 is 2.33 bits per heavy atom. The molecule has 1 aliphatic rings. The molecule has 1 atom stereocenters. The molecule has 21 heavy (non-hydrogen) atoms. The molecule has 0 saturated carbocycles. The lowest BCUT2D eigenvalue weighted by atomic mass is 10.1. The maximum Gasteiger partial charge on any atom is 0.322 e. The second kappa shape index (κ2) is 5.98. The maximum atomic E-state index is 12.5. The van der Waals surface area contributed by atoms with Crippen LogP contribution in [0.2, 0.25) is 0 Å². The summed E-state index contributed by atoms with van der Waals surface area (Å²) in [6.07, 6.45) is 2.02. The summed E-state index contributed by atoms with van der Waals surface area (Å²) in [6, 6.07) is 11.2. The highest BCUT2D eigenvalue weighted by atomic mass is 32.1. The van der Waals surface area contributed by atoms with Crippen LogP contribution in [0.5, 0.6) is 0 Å².